The molecule has 0 spiro atoms. The van der Waals surface area contributed by atoms with Crippen LogP contribution in [0.25, 0.3) is 0 Å². The number of ether oxygens (including phenoxy) is 1. The largest absolute Gasteiger partial charge is 0.375 e. The fourth-order valence-corrected chi connectivity index (χ4v) is 9.87. The van der Waals surface area contributed by atoms with Crippen molar-refractivity contribution in [2.75, 3.05) is 11.9 Å². The Bertz CT molecular complexity index is 1950. The third kappa shape index (κ3) is 4.95. The summed E-state index contributed by atoms with van der Waals surface area (Å²) >= 11 is 0. The lowest BCUT2D eigenvalue weighted by atomic mass is 9.77. The van der Waals surface area contributed by atoms with E-state index >= 15 is 9.00 Å². The molecule has 0 saturated carbocycles. The molecule has 1 atom stereocenters. The summed E-state index contributed by atoms with van der Waals surface area (Å²) in [5.41, 5.74) is 6.98. The molecule has 0 fully saturated rings. The maximum atomic E-state index is 15.8. The molecule has 1 aromatic heterocycles. The molecule has 2 amide bonds. The highest BCUT2D eigenvalue weighted by atomic mass is 32.2. The lowest BCUT2D eigenvalue weighted by Gasteiger charge is -2.45. The molecule has 8 rings (SSSR count). The first-order valence-electron chi connectivity index (χ1n) is 16.9. The molecule has 244 valence electrons. The first-order valence-corrected chi connectivity index (χ1v) is 18.4. The van der Waals surface area contributed by atoms with Gasteiger partial charge in [0, 0.05) is 18.8 Å². The fraction of sp³-hybridized carbons (Fsp3) is 0.282. The van der Waals surface area contributed by atoms with Crippen LogP contribution in [0.1, 0.15) is 63.9 Å². The van der Waals surface area contributed by atoms with E-state index in [9.17, 15) is 4.78 Å². The number of aryl methyl sites for hydroxylation is 3. The van der Waals surface area contributed by atoms with E-state index in [2.05, 4.69) is 16.5 Å². The van der Waals surface area contributed by atoms with E-state index < -0.39 is 21.5 Å². The van der Waals surface area contributed by atoms with Crippen molar-refractivity contribution < 1.29 is 13.7 Å². The van der Waals surface area contributed by atoms with Crippen molar-refractivity contribution in [2.24, 2.45) is 0 Å². The summed E-state index contributed by atoms with van der Waals surface area (Å²) in [5, 5.41) is 7.93. The maximum absolute atomic E-state index is 15.8. The molecule has 1 aliphatic heterocycles. The zero-order valence-electron chi connectivity index (χ0n) is 26.9. The fourth-order valence-electron chi connectivity index (χ4n) is 8.02. The molecule has 0 saturated heterocycles. The number of fused-ring (bicyclic) bond motifs is 3. The molecule has 9 heteroatoms. The smallest absolute Gasteiger partial charge is 0.336 e. The second kappa shape index (κ2) is 12.4. The van der Waals surface area contributed by atoms with Gasteiger partial charge >= 0.3 is 6.03 Å². The van der Waals surface area contributed by atoms with Gasteiger partial charge in [-0.2, -0.15) is 5.10 Å². The molecule has 0 bridgehead atoms. The quantitative estimate of drug-likeness (QED) is 0.176. The molecule has 3 aliphatic rings. The van der Waals surface area contributed by atoms with Gasteiger partial charge in [-0.3, -0.25) is 4.68 Å². The van der Waals surface area contributed by atoms with Crippen LogP contribution in [0.15, 0.2) is 108 Å². The number of hydrogen-bond donors (Lipinski definition) is 2. The molecule has 1 unspecified atom stereocenters. The number of hydrogen-bond acceptors (Lipinski definition) is 5. The molecule has 8 nitrogen and oxygen atoms in total. The van der Waals surface area contributed by atoms with Gasteiger partial charge in [-0.1, -0.05) is 97.1 Å². The van der Waals surface area contributed by atoms with E-state index in [4.69, 9.17) is 4.74 Å². The summed E-state index contributed by atoms with van der Waals surface area (Å²) < 4.78 is 34.9. The Morgan fingerprint density at radius 1 is 0.812 bits per heavy atom. The molecule has 5 aromatic rings. The Morgan fingerprint density at radius 2 is 1.35 bits per heavy atom. The van der Waals surface area contributed by atoms with Crippen LogP contribution in [0.3, 0.4) is 0 Å². The number of carbonyl (C=O) groups is 1. The molecular weight excluding hydrogens is 619 g/mol. The van der Waals surface area contributed by atoms with Gasteiger partial charge in [0.1, 0.15) is 10.4 Å². The van der Waals surface area contributed by atoms with E-state index in [0.29, 0.717) is 18.8 Å². The van der Waals surface area contributed by atoms with Crippen molar-refractivity contribution in [1.82, 2.24) is 14.1 Å². The average molecular weight is 658 g/mol. The van der Waals surface area contributed by atoms with Crippen LogP contribution in [-0.2, 0) is 59.0 Å². The van der Waals surface area contributed by atoms with Crippen molar-refractivity contribution in [3.8, 4) is 0 Å². The summed E-state index contributed by atoms with van der Waals surface area (Å²) in [6.07, 6.45) is 8.04. The number of benzene rings is 4. The highest BCUT2D eigenvalue weighted by molar-refractivity contribution is 7.90. The van der Waals surface area contributed by atoms with Gasteiger partial charge in [0.2, 0.25) is 0 Å². The Balaban J connectivity index is 1.42. The second-order valence-corrected chi connectivity index (χ2v) is 14.7. The SMILES string of the molecule is N=S(=O)(c1cnn2c1COCCC2)N(C(=O)Nc1c2c(cc3c1CCC3)CCC2)C(c1ccccc1)(c1ccccc1)c1ccccc1. The van der Waals surface area contributed by atoms with Crippen LogP contribution in [0, 0.1) is 4.78 Å². The van der Waals surface area contributed by atoms with Crippen molar-refractivity contribution in [1.29, 1.82) is 4.78 Å². The molecular formula is C39H39N5O3S. The Kier molecular flexibility index (Phi) is 7.89. The number of carbonyl (C=O) groups excluding carboxylic acids is 1. The van der Waals surface area contributed by atoms with Crippen molar-refractivity contribution >= 4 is 21.6 Å². The minimum Gasteiger partial charge on any atom is -0.375 e. The molecule has 2 aliphatic carbocycles. The van der Waals surface area contributed by atoms with E-state index in [1.165, 1.54) is 21.6 Å². The van der Waals surface area contributed by atoms with Gasteiger partial charge in [0.15, 0.2) is 9.92 Å². The molecule has 2 N–H and O–H groups in total. The zero-order valence-corrected chi connectivity index (χ0v) is 27.7. The van der Waals surface area contributed by atoms with E-state index in [1.807, 2.05) is 91.0 Å². The number of nitrogens with zero attached hydrogens (tertiary/aromatic N) is 3. The lowest BCUT2D eigenvalue weighted by Crippen LogP contribution is -2.55. The summed E-state index contributed by atoms with van der Waals surface area (Å²) in [4.78, 5) is 15.7. The van der Waals surface area contributed by atoms with E-state index in [1.54, 1.807) is 4.68 Å². The Hall–Kier alpha value is -4.73. The number of anilines is 1. The highest BCUT2D eigenvalue weighted by Gasteiger charge is 2.51. The summed E-state index contributed by atoms with van der Waals surface area (Å²) in [7, 11) is -4.11. The van der Waals surface area contributed by atoms with E-state index in [0.717, 1.165) is 78.5 Å². The van der Waals surface area contributed by atoms with Gasteiger partial charge in [0.05, 0.1) is 18.5 Å². The topological polar surface area (TPSA) is 100 Å². The van der Waals surface area contributed by atoms with Crippen LogP contribution in [-0.4, -0.2) is 30.9 Å². The van der Waals surface area contributed by atoms with Crippen molar-refractivity contribution in [3.05, 3.63) is 148 Å². The van der Waals surface area contributed by atoms with Crippen LogP contribution in [0.2, 0.25) is 0 Å². The first kappa shape index (κ1) is 30.6. The number of amides is 2. The third-order valence-corrected chi connectivity index (χ3v) is 12.0. The van der Waals surface area contributed by atoms with Gasteiger partial charge in [-0.25, -0.2) is 18.1 Å². The number of nitrogens with one attached hydrogen (secondary N) is 2. The number of urea groups is 1. The second-order valence-electron chi connectivity index (χ2n) is 12.9. The molecule has 0 radical (unpaired) electrons. The molecule has 2 heterocycles. The normalized spacial score (nSPS) is 16.7. The van der Waals surface area contributed by atoms with Gasteiger partial charge in [-0.15, -0.1) is 0 Å². The highest BCUT2D eigenvalue weighted by Crippen LogP contribution is 2.47. The van der Waals surface area contributed by atoms with Gasteiger partial charge < -0.3 is 10.1 Å². The van der Waals surface area contributed by atoms with Gasteiger partial charge in [-0.05, 0) is 83.9 Å². The summed E-state index contributed by atoms with van der Waals surface area (Å²) in [6.45, 7) is 1.29. The summed E-state index contributed by atoms with van der Waals surface area (Å²) in [6, 6.07) is 30.8. The standard InChI is InChI=1S/C39H39N5O3S/c40-48(46,36-26-41-43-23-12-24-47-27-35(36)43)44(38(45)42-37-33-21-10-13-28(33)25-29-14-11-22-34(29)37)39(30-15-4-1-5-16-30,31-17-6-2-7-18-31)32-19-8-3-9-20-32/h1-9,15-20,25-26,40H,10-14,21-24,27H2,(H,42,45). The van der Waals surface area contributed by atoms with Crippen molar-refractivity contribution in [2.45, 2.75) is 68.5 Å². The van der Waals surface area contributed by atoms with Crippen LogP contribution in [0.5, 0.6) is 0 Å². The van der Waals surface area contributed by atoms with Crippen molar-refractivity contribution in [3.63, 3.8) is 0 Å². The monoisotopic (exact) mass is 657 g/mol. The minimum atomic E-state index is -4.11. The predicted molar refractivity (Wildman–Crippen MR) is 186 cm³/mol. The van der Waals surface area contributed by atoms with E-state index in [-0.39, 0.29) is 11.5 Å². The summed E-state index contributed by atoms with van der Waals surface area (Å²) in [5.74, 6) is 0. The van der Waals surface area contributed by atoms with Crippen LogP contribution >= 0.6 is 0 Å². The zero-order chi connectivity index (χ0) is 32.7. The Morgan fingerprint density at radius 3 is 1.90 bits per heavy atom. The maximum Gasteiger partial charge on any atom is 0.336 e. The predicted octanol–water partition coefficient (Wildman–Crippen LogP) is 7.63. The lowest BCUT2D eigenvalue weighted by molar-refractivity contribution is 0.123. The molecule has 48 heavy (non-hydrogen) atoms. The number of rotatable bonds is 7. The van der Waals surface area contributed by atoms with Crippen LogP contribution in [0.4, 0.5) is 10.5 Å². The Labute approximate surface area is 281 Å². The average Bonchev–Trinajstić information content (AvgIpc) is 3.85. The minimum absolute atomic E-state index is 0.162. The number of aromatic nitrogens is 2. The van der Waals surface area contributed by atoms with Gasteiger partial charge in [0.25, 0.3) is 0 Å². The first-order chi connectivity index (χ1) is 23.5. The van der Waals surface area contributed by atoms with Crippen LogP contribution < -0.4 is 5.32 Å². The third-order valence-electron chi connectivity index (χ3n) is 10.1. The molecule has 4 aromatic carbocycles.